The third-order valence-electron chi connectivity index (χ3n) is 4.34. The van der Waals surface area contributed by atoms with Gasteiger partial charge in [-0.25, -0.2) is 4.79 Å². The van der Waals surface area contributed by atoms with Crippen LogP contribution in [0.4, 0.5) is 4.79 Å². The fourth-order valence-corrected chi connectivity index (χ4v) is 3.89. The van der Waals surface area contributed by atoms with Gasteiger partial charge >= 0.3 is 6.03 Å². The van der Waals surface area contributed by atoms with Gasteiger partial charge in [0.15, 0.2) is 0 Å². The van der Waals surface area contributed by atoms with Crippen molar-refractivity contribution in [3.8, 4) is 0 Å². The molecule has 4 heterocycles. The molecule has 6 nitrogen and oxygen atoms in total. The highest BCUT2D eigenvalue weighted by atomic mass is 32.1. The number of thiophene rings is 1. The Kier molecular flexibility index (Phi) is 3.57. The lowest BCUT2D eigenvalue weighted by Gasteiger charge is -2.30. The van der Waals surface area contributed by atoms with Gasteiger partial charge in [-0.3, -0.25) is 14.7 Å². The smallest absolute Gasteiger partial charge is 0.322 e. The van der Waals surface area contributed by atoms with Crippen molar-refractivity contribution in [2.24, 2.45) is 0 Å². The highest BCUT2D eigenvalue weighted by molar-refractivity contribution is 7.10. The summed E-state index contributed by atoms with van der Waals surface area (Å²) >= 11 is 1.54. The number of aromatic nitrogens is 1. The number of urea groups is 1. The summed E-state index contributed by atoms with van der Waals surface area (Å²) in [5.74, 6) is -0.0408. The molecule has 4 rings (SSSR count). The molecule has 24 heavy (non-hydrogen) atoms. The number of likely N-dealkylation sites (N-methyl/N-ethyl adjacent to an activating group) is 1. The molecule has 0 aliphatic carbocycles. The van der Waals surface area contributed by atoms with Crippen LogP contribution in [0.5, 0.6) is 0 Å². The van der Waals surface area contributed by atoms with Crippen molar-refractivity contribution in [3.63, 3.8) is 0 Å². The number of hydrogen-bond donors (Lipinski definition) is 1. The molecule has 0 radical (unpaired) electrons. The number of carbonyl (C=O) groups excluding carboxylic acids is 2. The Balaban J connectivity index is 1.67. The second-order valence-corrected chi connectivity index (χ2v) is 6.78. The van der Waals surface area contributed by atoms with E-state index in [4.69, 9.17) is 0 Å². The zero-order chi connectivity index (χ0) is 16.7. The van der Waals surface area contributed by atoms with Crippen LogP contribution in [-0.2, 0) is 11.3 Å². The van der Waals surface area contributed by atoms with E-state index in [-0.39, 0.29) is 18.0 Å². The summed E-state index contributed by atoms with van der Waals surface area (Å²) in [4.78, 5) is 33.8. The van der Waals surface area contributed by atoms with Crippen LogP contribution in [0.25, 0.3) is 0 Å². The summed E-state index contributed by atoms with van der Waals surface area (Å²) in [7, 11) is 1.70. The molecule has 0 saturated heterocycles. The van der Waals surface area contributed by atoms with E-state index in [1.165, 1.54) is 16.2 Å². The summed E-state index contributed by atoms with van der Waals surface area (Å²) in [6.07, 6.45) is 1.72. The quantitative estimate of drug-likeness (QED) is 0.931. The molecule has 1 unspecified atom stereocenters. The Bertz CT molecular complexity index is 816. The largest absolute Gasteiger partial charge is 0.327 e. The average Bonchev–Trinajstić information content (AvgIpc) is 3.22. The highest BCUT2D eigenvalue weighted by Crippen LogP contribution is 2.37. The van der Waals surface area contributed by atoms with Crippen molar-refractivity contribution < 1.29 is 9.59 Å². The number of nitrogens with zero attached hydrogens (tertiary/aromatic N) is 3. The molecule has 7 heteroatoms. The third kappa shape index (κ3) is 2.37. The number of rotatable bonds is 3. The second-order valence-electron chi connectivity index (χ2n) is 5.80. The molecule has 1 N–H and O–H groups in total. The number of nitrogens with one attached hydrogen (secondary N) is 1. The van der Waals surface area contributed by atoms with Gasteiger partial charge in [0, 0.05) is 18.1 Å². The lowest BCUT2D eigenvalue weighted by atomic mass is 10.0. The molecule has 0 spiro atoms. The Morgan fingerprint density at radius 1 is 1.29 bits per heavy atom. The molecule has 2 aromatic heterocycles. The molecule has 2 aliphatic rings. The highest BCUT2D eigenvalue weighted by Gasteiger charge is 2.43. The molecule has 0 bridgehead atoms. The van der Waals surface area contributed by atoms with E-state index in [0.717, 1.165) is 16.3 Å². The zero-order valence-electron chi connectivity index (χ0n) is 13.1. The molecule has 2 aromatic rings. The van der Waals surface area contributed by atoms with E-state index in [1.54, 1.807) is 18.1 Å². The molecule has 3 amide bonds. The van der Waals surface area contributed by atoms with Crippen molar-refractivity contribution in [1.29, 1.82) is 0 Å². The number of amides is 3. The fraction of sp³-hybridized carbons (Fsp3) is 0.235. The minimum atomic E-state index is -0.370. The minimum Gasteiger partial charge on any atom is -0.327 e. The van der Waals surface area contributed by atoms with Crippen LogP contribution < -0.4 is 5.32 Å². The summed E-state index contributed by atoms with van der Waals surface area (Å²) in [6, 6.07) is 8.97. The van der Waals surface area contributed by atoms with E-state index in [2.05, 4.69) is 10.3 Å². The number of hydrogen-bond acceptors (Lipinski definition) is 4. The van der Waals surface area contributed by atoms with Crippen molar-refractivity contribution in [1.82, 2.24) is 20.1 Å². The van der Waals surface area contributed by atoms with E-state index in [9.17, 15) is 9.59 Å². The van der Waals surface area contributed by atoms with Gasteiger partial charge in [0.1, 0.15) is 0 Å². The van der Waals surface area contributed by atoms with Gasteiger partial charge in [-0.15, -0.1) is 11.3 Å². The van der Waals surface area contributed by atoms with Gasteiger partial charge in [0.2, 0.25) is 0 Å². The maximum atomic E-state index is 13.0. The second kappa shape index (κ2) is 5.76. The summed E-state index contributed by atoms with van der Waals surface area (Å²) in [5.41, 5.74) is 2.27. The van der Waals surface area contributed by atoms with E-state index < -0.39 is 0 Å². The maximum Gasteiger partial charge on any atom is 0.322 e. The first-order valence-electron chi connectivity index (χ1n) is 7.65. The Labute approximate surface area is 143 Å². The molecule has 1 atom stereocenters. The fourth-order valence-electron chi connectivity index (χ4n) is 3.11. The van der Waals surface area contributed by atoms with Crippen LogP contribution >= 0.6 is 11.3 Å². The monoisotopic (exact) mass is 340 g/mol. The molecule has 0 saturated carbocycles. The van der Waals surface area contributed by atoms with Crippen molar-refractivity contribution >= 4 is 23.3 Å². The van der Waals surface area contributed by atoms with Gasteiger partial charge in [-0.05, 0) is 23.6 Å². The van der Waals surface area contributed by atoms with Gasteiger partial charge in [0.25, 0.3) is 5.91 Å². The first-order chi connectivity index (χ1) is 11.6. The summed E-state index contributed by atoms with van der Waals surface area (Å²) in [5, 5.41) is 4.88. The van der Waals surface area contributed by atoms with E-state index >= 15 is 0 Å². The predicted molar refractivity (Wildman–Crippen MR) is 90.0 cm³/mol. The maximum absolute atomic E-state index is 13.0. The first kappa shape index (κ1) is 14.9. The molecular formula is C17H16N4O2S. The lowest BCUT2D eigenvalue weighted by Crippen LogP contribution is -2.45. The normalized spacial score (nSPS) is 20.5. The van der Waals surface area contributed by atoms with Gasteiger partial charge in [-0.2, -0.15) is 0 Å². The Morgan fingerprint density at radius 3 is 2.88 bits per heavy atom. The van der Waals surface area contributed by atoms with Gasteiger partial charge in [0.05, 0.1) is 36.1 Å². The standard InChI is InChI=1S/C17H16N4O2S/c1-20-12-10-21(9-11-5-2-3-7-18-11)16(22)14(12)15(19-17(20)23)13-6-4-8-24-13/h2-8,15H,9-10H2,1H3,(H,19,23). The molecule has 122 valence electrons. The average molecular weight is 340 g/mol. The number of pyridine rings is 1. The van der Waals surface area contributed by atoms with Crippen molar-refractivity contribution in [2.75, 3.05) is 13.6 Å². The van der Waals surface area contributed by atoms with E-state index in [1.807, 2.05) is 35.7 Å². The van der Waals surface area contributed by atoms with E-state index in [0.29, 0.717) is 18.7 Å². The molecule has 0 fully saturated rings. The van der Waals surface area contributed by atoms with Crippen LogP contribution in [0.1, 0.15) is 16.6 Å². The van der Waals surface area contributed by atoms with Crippen LogP contribution in [0.3, 0.4) is 0 Å². The van der Waals surface area contributed by atoms with Crippen LogP contribution in [0.15, 0.2) is 53.2 Å². The first-order valence-corrected chi connectivity index (χ1v) is 8.53. The molecular weight excluding hydrogens is 324 g/mol. The summed E-state index contributed by atoms with van der Waals surface area (Å²) in [6.45, 7) is 0.863. The van der Waals surface area contributed by atoms with Crippen LogP contribution in [0.2, 0.25) is 0 Å². The van der Waals surface area contributed by atoms with Gasteiger partial charge in [-0.1, -0.05) is 12.1 Å². The van der Waals surface area contributed by atoms with Crippen LogP contribution in [0, 0.1) is 0 Å². The number of carbonyl (C=O) groups is 2. The third-order valence-corrected chi connectivity index (χ3v) is 5.28. The zero-order valence-corrected chi connectivity index (χ0v) is 13.9. The topological polar surface area (TPSA) is 65.5 Å². The lowest BCUT2D eigenvalue weighted by molar-refractivity contribution is -0.126. The van der Waals surface area contributed by atoms with Crippen molar-refractivity contribution in [3.05, 3.63) is 63.7 Å². The van der Waals surface area contributed by atoms with Crippen LogP contribution in [-0.4, -0.2) is 40.3 Å². The van der Waals surface area contributed by atoms with Gasteiger partial charge < -0.3 is 10.2 Å². The SMILES string of the molecule is CN1C(=O)NC(c2cccs2)C2=C1CN(Cc1ccccn1)C2=O. The Hall–Kier alpha value is -2.67. The molecule has 0 aromatic carbocycles. The van der Waals surface area contributed by atoms with Crippen molar-refractivity contribution in [2.45, 2.75) is 12.6 Å². The Morgan fingerprint density at radius 2 is 2.17 bits per heavy atom. The summed E-state index contributed by atoms with van der Waals surface area (Å²) < 4.78 is 0. The molecule has 2 aliphatic heterocycles. The minimum absolute atomic E-state index is 0.0408. The predicted octanol–water partition coefficient (Wildman–Crippen LogP) is 2.14.